The molecule has 7 rings (SSSR count). The van der Waals surface area contributed by atoms with E-state index in [-0.39, 0.29) is 36.5 Å². The van der Waals surface area contributed by atoms with Crippen LogP contribution in [-0.2, 0) is 23.8 Å². The van der Waals surface area contributed by atoms with Crippen molar-refractivity contribution in [3.05, 3.63) is 0 Å². The molecule has 6 heteroatoms. The molecule has 7 aliphatic rings. The summed E-state index contributed by atoms with van der Waals surface area (Å²) in [5, 5.41) is 9.11. The van der Waals surface area contributed by atoms with Crippen molar-refractivity contribution in [2.24, 2.45) is 88.8 Å². The highest BCUT2D eigenvalue weighted by atomic mass is 16.7. The molecule has 0 aromatic carbocycles. The van der Waals surface area contributed by atoms with E-state index in [9.17, 15) is 9.59 Å². The molecule has 0 aromatic rings. The molecule has 1 N–H and O–H groups in total. The Bertz CT molecular complexity index is 871. The summed E-state index contributed by atoms with van der Waals surface area (Å²) in [4.78, 5) is 25.6. The summed E-state index contributed by atoms with van der Waals surface area (Å²) in [7, 11) is 0. The zero-order valence-electron chi connectivity index (χ0n) is 23.9. The molecule has 14 unspecified atom stereocenters. The molecule has 0 aliphatic heterocycles. The van der Waals surface area contributed by atoms with E-state index in [1.165, 1.54) is 38.5 Å². The first-order valence-corrected chi connectivity index (χ1v) is 15.9. The number of hydrogen-bond donors (Lipinski definition) is 1. The Morgan fingerprint density at radius 2 is 1.21 bits per heavy atom. The van der Waals surface area contributed by atoms with Gasteiger partial charge in [0.1, 0.15) is 0 Å². The molecular formula is C32H50O6. The maximum Gasteiger partial charge on any atom is 0.312 e. The zero-order chi connectivity index (χ0) is 26.7. The SMILES string of the molecule is CCOCOC(=O)C1C2CC(C1C(=O)OCC)C1C3CC(C(C)C3C)C21.OCC1CC2C3CCC(C3)C2C1. The molecule has 7 aliphatic carbocycles. The molecule has 0 spiro atoms. The Hall–Kier alpha value is -1.14. The highest BCUT2D eigenvalue weighted by molar-refractivity contribution is 5.84. The van der Waals surface area contributed by atoms with Crippen molar-refractivity contribution >= 4 is 11.9 Å². The van der Waals surface area contributed by atoms with E-state index in [1.54, 1.807) is 0 Å². The van der Waals surface area contributed by atoms with Crippen molar-refractivity contribution in [3.8, 4) is 0 Å². The minimum absolute atomic E-state index is 0.0215. The van der Waals surface area contributed by atoms with E-state index in [1.807, 2.05) is 13.8 Å². The van der Waals surface area contributed by atoms with Gasteiger partial charge in [0.05, 0.1) is 18.4 Å². The molecule has 38 heavy (non-hydrogen) atoms. The number of carbonyl (C=O) groups excluding carboxylic acids is 2. The third-order valence-electron chi connectivity index (χ3n) is 13.1. The molecule has 0 aromatic heterocycles. The van der Waals surface area contributed by atoms with E-state index >= 15 is 0 Å². The van der Waals surface area contributed by atoms with E-state index < -0.39 is 0 Å². The molecular weight excluding hydrogens is 480 g/mol. The van der Waals surface area contributed by atoms with Gasteiger partial charge < -0.3 is 19.3 Å². The fourth-order valence-corrected chi connectivity index (χ4v) is 11.7. The van der Waals surface area contributed by atoms with Gasteiger partial charge in [0.25, 0.3) is 0 Å². The van der Waals surface area contributed by atoms with Gasteiger partial charge in [0.2, 0.25) is 0 Å². The smallest absolute Gasteiger partial charge is 0.312 e. The lowest BCUT2D eigenvalue weighted by molar-refractivity contribution is -0.175. The van der Waals surface area contributed by atoms with Gasteiger partial charge in [-0.2, -0.15) is 0 Å². The average Bonchev–Trinajstić information content (AvgIpc) is 3.74. The van der Waals surface area contributed by atoms with Gasteiger partial charge >= 0.3 is 11.9 Å². The maximum atomic E-state index is 12.9. The first-order valence-electron chi connectivity index (χ1n) is 15.9. The lowest BCUT2D eigenvalue weighted by Crippen LogP contribution is -2.47. The van der Waals surface area contributed by atoms with E-state index in [0.29, 0.717) is 55.3 Å². The van der Waals surface area contributed by atoms with Crippen molar-refractivity contribution in [1.29, 1.82) is 0 Å². The fraction of sp³-hybridized carbons (Fsp3) is 0.938. The predicted octanol–water partition coefficient (Wildman–Crippen LogP) is 5.17. The molecule has 0 saturated heterocycles. The van der Waals surface area contributed by atoms with Crippen LogP contribution in [0, 0.1) is 88.8 Å². The lowest BCUT2D eigenvalue weighted by Gasteiger charge is -2.45. The van der Waals surface area contributed by atoms with Crippen LogP contribution < -0.4 is 0 Å². The maximum absolute atomic E-state index is 12.9. The standard InChI is InChI=1S/C21H32O5.C11H18O/c1-5-24-9-26-21(23)19-15-8-14(18(19)20(22)25-6-2)16-12-7-13(17(15)16)11(4)10(12)3;12-6-7-3-10-8-1-2-9(5-8)11(10)4-7/h10-19H,5-9H2,1-4H3;7-12H,1-6H2. The number of ether oxygens (including phenoxy) is 3. The van der Waals surface area contributed by atoms with Gasteiger partial charge in [-0.3, -0.25) is 9.59 Å². The Morgan fingerprint density at radius 1 is 0.684 bits per heavy atom. The van der Waals surface area contributed by atoms with Crippen LogP contribution in [0.2, 0.25) is 0 Å². The normalized spacial score (nSPS) is 50.5. The van der Waals surface area contributed by atoms with Crippen LogP contribution in [0.25, 0.3) is 0 Å². The molecule has 0 amide bonds. The van der Waals surface area contributed by atoms with Crippen molar-refractivity contribution in [1.82, 2.24) is 0 Å². The van der Waals surface area contributed by atoms with Crippen LogP contribution in [0.3, 0.4) is 0 Å². The summed E-state index contributed by atoms with van der Waals surface area (Å²) in [6.45, 7) is 9.76. The van der Waals surface area contributed by atoms with E-state index in [4.69, 9.17) is 19.3 Å². The largest absolute Gasteiger partial charge is 0.466 e. The zero-order valence-corrected chi connectivity index (χ0v) is 23.9. The minimum atomic E-state index is -0.345. The summed E-state index contributed by atoms with van der Waals surface area (Å²) in [6.07, 6.45) is 9.51. The average molecular weight is 531 g/mol. The van der Waals surface area contributed by atoms with Gasteiger partial charge in [-0.15, -0.1) is 0 Å². The first-order chi connectivity index (χ1) is 18.4. The third-order valence-corrected chi connectivity index (χ3v) is 13.1. The summed E-state index contributed by atoms with van der Waals surface area (Å²) >= 11 is 0. The Labute approximate surface area is 228 Å². The summed E-state index contributed by atoms with van der Waals surface area (Å²) in [6, 6.07) is 0. The van der Waals surface area contributed by atoms with Crippen LogP contribution in [0.4, 0.5) is 0 Å². The molecule has 0 heterocycles. The fourth-order valence-electron chi connectivity index (χ4n) is 11.7. The van der Waals surface area contributed by atoms with Gasteiger partial charge in [0, 0.05) is 13.2 Å². The molecule has 7 saturated carbocycles. The second kappa shape index (κ2) is 10.7. The van der Waals surface area contributed by atoms with E-state index in [2.05, 4.69) is 13.8 Å². The summed E-state index contributed by atoms with van der Waals surface area (Å²) in [5.41, 5.74) is 0. The third kappa shape index (κ3) is 4.17. The monoisotopic (exact) mass is 530 g/mol. The molecule has 14 atom stereocenters. The van der Waals surface area contributed by atoms with Gasteiger partial charge in [-0.05, 0) is 136 Å². The highest BCUT2D eigenvalue weighted by Crippen LogP contribution is 2.72. The summed E-state index contributed by atoms with van der Waals surface area (Å²) in [5.74, 6) is 8.37. The van der Waals surface area contributed by atoms with Crippen LogP contribution in [0.1, 0.15) is 72.6 Å². The molecule has 0 radical (unpaired) electrons. The number of rotatable bonds is 7. The Balaban J connectivity index is 0.000000182. The number of fused-ring (bicyclic) bond motifs is 14. The summed E-state index contributed by atoms with van der Waals surface area (Å²) < 4.78 is 16.0. The van der Waals surface area contributed by atoms with Crippen molar-refractivity contribution < 1.29 is 28.9 Å². The van der Waals surface area contributed by atoms with Crippen LogP contribution >= 0.6 is 0 Å². The topological polar surface area (TPSA) is 82.1 Å². The Morgan fingerprint density at radius 3 is 1.71 bits per heavy atom. The van der Waals surface area contributed by atoms with Gasteiger partial charge in [0.15, 0.2) is 6.79 Å². The number of aliphatic hydroxyl groups excluding tert-OH is 1. The van der Waals surface area contributed by atoms with Crippen LogP contribution in [0.5, 0.6) is 0 Å². The molecule has 6 nitrogen and oxygen atoms in total. The second-order valence-corrected chi connectivity index (χ2v) is 14.1. The number of esters is 2. The number of carbonyl (C=O) groups is 2. The first kappa shape index (κ1) is 27.1. The quantitative estimate of drug-likeness (QED) is 0.212. The number of hydrogen-bond acceptors (Lipinski definition) is 6. The minimum Gasteiger partial charge on any atom is -0.466 e. The molecule has 214 valence electrons. The van der Waals surface area contributed by atoms with Crippen molar-refractivity contribution in [2.75, 3.05) is 26.6 Å². The molecule has 7 fully saturated rings. The van der Waals surface area contributed by atoms with Crippen LogP contribution in [0.15, 0.2) is 0 Å². The van der Waals surface area contributed by atoms with Gasteiger partial charge in [-0.25, -0.2) is 0 Å². The van der Waals surface area contributed by atoms with E-state index in [0.717, 1.165) is 41.9 Å². The molecule has 6 bridgehead atoms. The second-order valence-electron chi connectivity index (χ2n) is 14.1. The number of aliphatic hydroxyl groups is 1. The highest BCUT2D eigenvalue weighted by Gasteiger charge is 2.71. The van der Waals surface area contributed by atoms with Crippen molar-refractivity contribution in [2.45, 2.75) is 72.6 Å². The lowest BCUT2D eigenvalue weighted by atomic mass is 9.59. The predicted molar refractivity (Wildman–Crippen MR) is 142 cm³/mol. The van der Waals surface area contributed by atoms with Crippen molar-refractivity contribution in [3.63, 3.8) is 0 Å². The Kier molecular flexibility index (Phi) is 7.61. The van der Waals surface area contributed by atoms with Crippen LogP contribution in [-0.4, -0.2) is 43.7 Å². The van der Waals surface area contributed by atoms with Gasteiger partial charge in [-0.1, -0.05) is 13.8 Å².